The Morgan fingerprint density at radius 2 is 1.81 bits per heavy atom. The quantitative estimate of drug-likeness (QED) is 0.541. The monoisotopic (exact) mass is 372 g/mol. The van der Waals surface area contributed by atoms with E-state index in [1.165, 1.54) is 6.07 Å². The lowest BCUT2D eigenvalue weighted by molar-refractivity contribution is -0.385. The zero-order valence-electron chi connectivity index (χ0n) is 15.8. The number of rotatable bonds is 7. The molecule has 1 atom stereocenters. The maximum Gasteiger partial charge on any atom is 0.270 e. The first kappa shape index (κ1) is 19.0. The summed E-state index contributed by atoms with van der Waals surface area (Å²) in [4.78, 5) is 13.1. The molecular weight excluding hydrogens is 348 g/mol. The van der Waals surface area contributed by atoms with E-state index in [0.717, 1.165) is 42.0 Å². The lowest BCUT2D eigenvalue weighted by atomic mass is 10.0. The second-order valence-corrected chi connectivity index (χ2v) is 6.49. The summed E-state index contributed by atoms with van der Waals surface area (Å²) in [5, 5.41) is 11.2. The summed E-state index contributed by atoms with van der Waals surface area (Å²) in [6.07, 6.45) is 2.03. The van der Waals surface area contributed by atoms with Crippen LogP contribution in [0.3, 0.4) is 0 Å². The number of likely N-dealkylation sites (tertiary alicyclic amines) is 1. The molecule has 1 heterocycles. The first-order valence-corrected chi connectivity index (χ1v) is 8.84. The maximum absolute atomic E-state index is 11.2. The first-order valence-electron chi connectivity index (χ1n) is 8.84. The van der Waals surface area contributed by atoms with E-state index in [-0.39, 0.29) is 16.7 Å². The van der Waals surface area contributed by atoms with Crippen LogP contribution in [0.1, 0.15) is 30.0 Å². The molecule has 1 saturated heterocycles. The highest BCUT2D eigenvalue weighted by Crippen LogP contribution is 2.40. The maximum atomic E-state index is 11.2. The second kappa shape index (κ2) is 8.26. The van der Waals surface area contributed by atoms with Crippen LogP contribution in [0.2, 0.25) is 0 Å². The normalized spacial score (nSPS) is 16.9. The van der Waals surface area contributed by atoms with E-state index in [4.69, 9.17) is 14.2 Å². The van der Waals surface area contributed by atoms with Gasteiger partial charge in [-0.3, -0.25) is 15.0 Å². The van der Waals surface area contributed by atoms with Crippen LogP contribution in [0.25, 0.3) is 0 Å². The topological polar surface area (TPSA) is 74.1 Å². The fraction of sp³-hybridized carbons (Fsp3) is 0.400. The van der Waals surface area contributed by atoms with Crippen molar-refractivity contribution < 1.29 is 19.1 Å². The van der Waals surface area contributed by atoms with Crippen molar-refractivity contribution in [2.45, 2.75) is 25.4 Å². The smallest absolute Gasteiger partial charge is 0.270 e. The van der Waals surface area contributed by atoms with Crippen LogP contribution in [0, 0.1) is 10.1 Å². The van der Waals surface area contributed by atoms with Crippen LogP contribution in [-0.4, -0.2) is 37.7 Å². The Morgan fingerprint density at radius 1 is 1.07 bits per heavy atom. The Kier molecular flexibility index (Phi) is 5.81. The number of ether oxygens (including phenoxy) is 3. The van der Waals surface area contributed by atoms with E-state index in [0.29, 0.717) is 12.3 Å². The van der Waals surface area contributed by atoms with Gasteiger partial charge in [0.25, 0.3) is 5.69 Å². The number of hydrogen-bond acceptors (Lipinski definition) is 6. The molecule has 1 fully saturated rings. The van der Waals surface area contributed by atoms with Crippen LogP contribution in [0.4, 0.5) is 5.69 Å². The van der Waals surface area contributed by atoms with Crippen molar-refractivity contribution in [2.75, 3.05) is 27.9 Å². The van der Waals surface area contributed by atoms with E-state index in [2.05, 4.69) is 4.90 Å². The minimum Gasteiger partial charge on any atom is -0.497 e. The summed E-state index contributed by atoms with van der Waals surface area (Å²) in [6.45, 7) is 1.47. The van der Waals surface area contributed by atoms with Gasteiger partial charge in [0, 0.05) is 35.8 Å². The van der Waals surface area contributed by atoms with Gasteiger partial charge in [-0.15, -0.1) is 0 Å². The number of non-ortho nitro benzene ring substituents is 1. The molecule has 0 saturated carbocycles. The van der Waals surface area contributed by atoms with Crippen molar-refractivity contribution in [1.29, 1.82) is 0 Å². The highest BCUT2D eigenvalue weighted by Gasteiger charge is 2.29. The zero-order valence-corrected chi connectivity index (χ0v) is 15.8. The molecule has 2 aromatic carbocycles. The minimum absolute atomic E-state index is 0.0699. The third-order valence-corrected chi connectivity index (χ3v) is 5.01. The molecule has 144 valence electrons. The van der Waals surface area contributed by atoms with Gasteiger partial charge in [-0.05, 0) is 43.7 Å². The SMILES string of the molecule is COc1ccc(OC)c(C2CCCN2Cc2cc([N+](=O)[O-])ccc2OC)c1. The van der Waals surface area contributed by atoms with Crippen molar-refractivity contribution in [3.05, 3.63) is 57.6 Å². The van der Waals surface area contributed by atoms with Gasteiger partial charge in [0.1, 0.15) is 17.2 Å². The molecule has 1 aliphatic rings. The standard InChI is InChI=1S/C20H24N2O5/c1-25-16-7-9-20(27-3)17(12-16)18-5-4-10-21(18)13-14-11-15(22(23)24)6-8-19(14)26-2/h6-9,11-12,18H,4-5,10,13H2,1-3H3. The molecule has 0 aromatic heterocycles. The summed E-state index contributed by atoms with van der Waals surface area (Å²) in [6, 6.07) is 10.7. The number of nitrogens with zero attached hydrogens (tertiary/aromatic N) is 2. The van der Waals surface area contributed by atoms with Crippen molar-refractivity contribution in [3.8, 4) is 17.2 Å². The molecule has 0 bridgehead atoms. The molecule has 1 unspecified atom stereocenters. The average Bonchev–Trinajstić information content (AvgIpc) is 3.15. The molecule has 7 heteroatoms. The molecule has 27 heavy (non-hydrogen) atoms. The molecule has 0 aliphatic carbocycles. The Labute approximate surface area is 158 Å². The van der Waals surface area contributed by atoms with E-state index in [9.17, 15) is 10.1 Å². The molecule has 0 spiro atoms. The van der Waals surface area contributed by atoms with E-state index < -0.39 is 0 Å². The van der Waals surface area contributed by atoms with Gasteiger partial charge in [0.2, 0.25) is 0 Å². The Morgan fingerprint density at radius 3 is 2.48 bits per heavy atom. The fourth-order valence-electron chi connectivity index (χ4n) is 3.69. The lowest BCUT2D eigenvalue weighted by Crippen LogP contribution is -2.23. The number of nitro groups is 1. The first-order chi connectivity index (χ1) is 13.1. The summed E-state index contributed by atoms with van der Waals surface area (Å²) >= 11 is 0. The highest BCUT2D eigenvalue weighted by molar-refractivity contribution is 5.45. The van der Waals surface area contributed by atoms with E-state index in [1.807, 2.05) is 18.2 Å². The average molecular weight is 372 g/mol. The van der Waals surface area contributed by atoms with Crippen molar-refractivity contribution in [2.24, 2.45) is 0 Å². The predicted molar refractivity (Wildman–Crippen MR) is 102 cm³/mol. The van der Waals surface area contributed by atoms with Crippen LogP contribution in [-0.2, 0) is 6.54 Å². The molecule has 0 amide bonds. The zero-order chi connectivity index (χ0) is 19.4. The van der Waals surface area contributed by atoms with Crippen molar-refractivity contribution in [3.63, 3.8) is 0 Å². The van der Waals surface area contributed by atoms with Gasteiger partial charge in [-0.1, -0.05) is 0 Å². The van der Waals surface area contributed by atoms with Gasteiger partial charge in [-0.25, -0.2) is 0 Å². The summed E-state index contributed by atoms with van der Waals surface area (Å²) in [7, 11) is 4.89. The van der Waals surface area contributed by atoms with Crippen LogP contribution < -0.4 is 14.2 Å². The minimum atomic E-state index is -0.379. The van der Waals surface area contributed by atoms with Crippen molar-refractivity contribution >= 4 is 5.69 Å². The Hall–Kier alpha value is -2.80. The van der Waals surface area contributed by atoms with Gasteiger partial charge in [0.15, 0.2) is 0 Å². The number of methoxy groups -OCH3 is 3. The molecule has 2 aromatic rings. The van der Waals surface area contributed by atoms with Crippen molar-refractivity contribution in [1.82, 2.24) is 4.90 Å². The largest absolute Gasteiger partial charge is 0.497 e. The molecule has 0 radical (unpaired) electrons. The number of hydrogen-bond donors (Lipinski definition) is 0. The number of benzene rings is 2. The molecule has 3 rings (SSSR count). The molecular formula is C20H24N2O5. The molecule has 0 N–H and O–H groups in total. The van der Waals surface area contributed by atoms with Crippen LogP contribution in [0.5, 0.6) is 17.2 Å². The fourth-order valence-corrected chi connectivity index (χ4v) is 3.69. The third-order valence-electron chi connectivity index (χ3n) is 5.01. The van der Waals surface area contributed by atoms with Gasteiger partial charge in [0.05, 0.1) is 26.3 Å². The van der Waals surface area contributed by atoms with Gasteiger partial charge >= 0.3 is 0 Å². The lowest BCUT2D eigenvalue weighted by Gasteiger charge is -2.27. The van der Waals surface area contributed by atoms with E-state index in [1.54, 1.807) is 33.5 Å². The molecule has 7 nitrogen and oxygen atoms in total. The second-order valence-electron chi connectivity index (χ2n) is 6.49. The summed E-state index contributed by atoms with van der Waals surface area (Å²) < 4.78 is 16.4. The Bertz CT molecular complexity index is 824. The van der Waals surface area contributed by atoms with E-state index >= 15 is 0 Å². The number of nitro benzene ring substituents is 1. The predicted octanol–water partition coefficient (Wildman–Crippen LogP) is 3.96. The van der Waals surface area contributed by atoms with Crippen LogP contribution >= 0.6 is 0 Å². The summed E-state index contributed by atoms with van der Waals surface area (Å²) in [5.41, 5.74) is 1.94. The van der Waals surface area contributed by atoms with Gasteiger partial charge in [-0.2, -0.15) is 0 Å². The molecule has 1 aliphatic heterocycles. The third kappa shape index (κ3) is 3.98. The summed E-state index contributed by atoms with van der Waals surface area (Å²) in [5.74, 6) is 2.26. The highest BCUT2D eigenvalue weighted by atomic mass is 16.6. The Balaban J connectivity index is 1.92. The van der Waals surface area contributed by atoms with Gasteiger partial charge < -0.3 is 14.2 Å². The van der Waals surface area contributed by atoms with Crippen LogP contribution in [0.15, 0.2) is 36.4 Å².